The molecule has 1 aliphatic rings. The monoisotopic (exact) mass is 331 g/mol. The molecule has 1 N–H and O–H groups in total. The number of hydrogen-bond donors (Lipinski definition) is 1. The van der Waals surface area contributed by atoms with Crippen LogP contribution >= 0.6 is 15.9 Å². The van der Waals surface area contributed by atoms with Crippen molar-refractivity contribution < 1.29 is 19.3 Å². The van der Waals surface area contributed by atoms with E-state index in [9.17, 15) is 5.11 Å². The second kappa shape index (κ2) is 6.65. The zero-order valence-corrected chi connectivity index (χ0v) is 12.5. The molecule has 106 valence electrons. The van der Waals surface area contributed by atoms with E-state index in [1.807, 2.05) is 6.07 Å². The van der Waals surface area contributed by atoms with Gasteiger partial charge in [0.05, 0.1) is 30.9 Å². The number of aliphatic hydroxyl groups is 1. The number of pyridine rings is 1. The zero-order chi connectivity index (χ0) is 13.7. The van der Waals surface area contributed by atoms with Gasteiger partial charge in [-0.05, 0) is 22.4 Å². The molecule has 19 heavy (non-hydrogen) atoms. The molecule has 1 aromatic heterocycles. The summed E-state index contributed by atoms with van der Waals surface area (Å²) in [5.74, 6) is 0.716. The van der Waals surface area contributed by atoms with Crippen molar-refractivity contribution >= 4 is 15.9 Å². The summed E-state index contributed by atoms with van der Waals surface area (Å²) < 4.78 is 16.7. The van der Waals surface area contributed by atoms with E-state index in [0.717, 1.165) is 12.1 Å². The van der Waals surface area contributed by atoms with Crippen LogP contribution in [0.15, 0.2) is 16.7 Å². The first-order valence-corrected chi connectivity index (χ1v) is 6.98. The van der Waals surface area contributed by atoms with Gasteiger partial charge in [0, 0.05) is 25.8 Å². The summed E-state index contributed by atoms with van der Waals surface area (Å²) in [6.45, 7) is 2.17. The van der Waals surface area contributed by atoms with E-state index in [4.69, 9.17) is 14.2 Å². The summed E-state index contributed by atoms with van der Waals surface area (Å²) in [4.78, 5) is 4.45. The van der Waals surface area contributed by atoms with Crippen LogP contribution in [0.5, 0.6) is 5.75 Å². The molecule has 0 aliphatic carbocycles. The van der Waals surface area contributed by atoms with Gasteiger partial charge in [-0.1, -0.05) is 0 Å². The highest BCUT2D eigenvalue weighted by Gasteiger charge is 2.38. The van der Waals surface area contributed by atoms with Crippen LogP contribution in [0.3, 0.4) is 0 Å². The van der Waals surface area contributed by atoms with Crippen molar-refractivity contribution in [2.45, 2.75) is 11.8 Å². The van der Waals surface area contributed by atoms with Gasteiger partial charge in [-0.2, -0.15) is 0 Å². The van der Waals surface area contributed by atoms with Crippen molar-refractivity contribution in [2.24, 2.45) is 0 Å². The fourth-order valence-electron chi connectivity index (χ4n) is 2.09. The van der Waals surface area contributed by atoms with Crippen LogP contribution in [0.2, 0.25) is 0 Å². The predicted molar refractivity (Wildman–Crippen MR) is 73.5 cm³/mol. The van der Waals surface area contributed by atoms with Crippen LogP contribution in [-0.2, 0) is 14.9 Å². The molecule has 0 bridgehead atoms. The van der Waals surface area contributed by atoms with E-state index in [-0.39, 0.29) is 6.61 Å². The van der Waals surface area contributed by atoms with E-state index >= 15 is 0 Å². The van der Waals surface area contributed by atoms with Crippen LogP contribution in [0.4, 0.5) is 0 Å². The van der Waals surface area contributed by atoms with Crippen molar-refractivity contribution in [3.05, 3.63) is 22.4 Å². The van der Waals surface area contributed by atoms with E-state index in [1.165, 1.54) is 0 Å². The first-order valence-electron chi connectivity index (χ1n) is 6.18. The second-order valence-electron chi connectivity index (χ2n) is 4.59. The average Bonchev–Trinajstić information content (AvgIpc) is 2.88. The molecule has 1 saturated heterocycles. The number of aliphatic hydroxyl groups excluding tert-OH is 1. The first kappa shape index (κ1) is 14.7. The minimum Gasteiger partial charge on any atom is -0.491 e. The standard InChI is InChI=1S/C13H18BrNO4/c1-17-4-5-19-10-6-11(15-12(14)7-10)13(8-16)2-3-18-9-13/h6-7,16H,2-5,8-9H2,1H3/t13-/m1/s1. The molecule has 2 heterocycles. The van der Waals surface area contributed by atoms with E-state index < -0.39 is 5.41 Å². The molecule has 1 aliphatic heterocycles. The van der Waals surface area contributed by atoms with Gasteiger partial charge in [0.25, 0.3) is 0 Å². The Morgan fingerprint density at radius 2 is 2.32 bits per heavy atom. The predicted octanol–water partition coefficient (Wildman–Crippen LogP) is 1.52. The summed E-state index contributed by atoms with van der Waals surface area (Å²) >= 11 is 3.38. The number of halogens is 1. The normalized spacial score (nSPS) is 22.7. The molecule has 0 radical (unpaired) electrons. The minimum absolute atomic E-state index is 0.0218. The first-order chi connectivity index (χ1) is 9.20. The molecule has 1 fully saturated rings. The fraction of sp³-hybridized carbons (Fsp3) is 0.615. The van der Waals surface area contributed by atoms with Crippen LogP contribution in [-0.4, -0.2) is 50.2 Å². The van der Waals surface area contributed by atoms with Gasteiger partial charge in [-0.3, -0.25) is 0 Å². The van der Waals surface area contributed by atoms with Crippen molar-refractivity contribution in [3.8, 4) is 5.75 Å². The Morgan fingerprint density at radius 3 is 2.95 bits per heavy atom. The smallest absolute Gasteiger partial charge is 0.123 e. The van der Waals surface area contributed by atoms with Crippen molar-refractivity contribution in [1.29, 1.82) is 0 Å². The topological polar surface area (TPSA) is 60.8 Å². The molecule has 2 rings (SSSR count). The third-order valence-electron chi connectivity index (χ3n) is 3.27. The average molecular weight is 332 g/mol. The number of nitrogens with zero attached hydrogens (tertiary/aromatic N) is 1. The molecule has 0 amide bonds. The van der Waals surface area contributed by atoms with Crippen LogP contribution < -0.4 is 4.74 Å². The molecule has 1 atom stereocenters. The quantitative estimate of drug-likeness (QED) is 0.632. The Kier molecular flexibility index (Phi) is 5.15. The number of rotatable bonds is 6. The van der Waals surface area contributed by atoms with Crippen molar-refractivity contribution in [2.75, 3.05) is 40.1 Å². The molecule has 5 nitrogen and oxygen atoms in total. The molecule has 0 aromatic carbocycles. The van der Waals surface area contributed by atoms with Gasteiger partial charge in [0.15, 0.2) is 0 Å². The maximum Gasteiger partial charge on any atom is 0.123 e. The van der Waals surface area contributed by atoms with Gasteiger partial charge in [-0.15, -0.1) is 0 Å². The Labute approximate surface area is 121 Å². The van der Waals surface area contributed by atoms with Crippen LogP contribution in [0.25, 0.3) is 0 Å². The Morgan fingerprint density at radius 1 is 1.47 bits per heavy atom. The van der Waals surface area contributed by atoms with Crippen LogP contribution in [0.1, 0.15) is 12.1 Å². The van der Waals surface area contributed by atoms with E-state index in [0.29, 0.717) is 36.8 Å². The zero-order valence-electron chi connectivity index (χ0n) is 10.9. The highest BCUT2D eigenvalue weighted by atomic mass is 79.9. The maximum absolute atomic E-state index is 9.67. The minimum atomic E-state index is -0.414. The van der Waals surface area contributed by atoms with Crippen molar-refractivity contribution in [1.82, 2.24) is 4.98 Å². The Bertz CT molecular complexity index is 421. The lowest BCUT2D eigenvalue weighted by Gasteiger charge is -2.24. The Hall–Kier alpha value is -0.690. The highest BCUT2D eigenvalue weighted by Crippen LogP contribution is 2.34. The van der Waals surface area contributed by atoms with E-state index in [1.54, 1.807) is 13.2 Å². The lowest BCUT2D eigenvalue weighted by atomic mass is 9.84. The molecule has 0 unspecified atom stereocenters. The van der Waals surface area contributed by atoms with Gasteiger partial charge in [0.2, 0.25) is 0 Å². The van der Waals surface area contributed by atoms with Crippen LogP contribution in [0, 0.1) is 0 Å². The molecule has 1 aromatic rings. The molecule has 0 spiro atoms. The van der Waals surface area contributed by atoms with Crippen molar-refractivity contribution in [3.63, 3.8) is 0 Å². The summed E-state index contributed by atoms with van der Waals surface area (Å²) in [6, 6.07) is 3.67. The number of ether oxygens (including phenoxy) is 3. The summed E-state index contributed by atoms with van der Waals surface area (Å²) in [5, 5.41) is 9.67. The molecule has 0 saturated carbocycles. The van der Waals surface area contributed by atoms with E-state index in [2.05, 4.69) is 20.9 Å². The molecule has 6 heteroatoms. The summed E-state index contributed by atoms with van der Waals surface area (Å²) in [6.07, 6.45) is 0.768. The van der Waals surface area contributed by atoms with Gasteiger partial charge in [-0.25, -0.2) is 4.98 Å². The largest absolute Gasteiger partial charge is 0.491 e. The maximum atomic E-state index is 9.67. The number of methoxy groups -OCH3 is 1. The highest BCUT2D eigenvalue weighted by molar-refractivity contribution is 9.10. The third kappa shape index (κ3) is 3.45. The lowest BCUT2D eigenvalue weighted by molar-refractivity contribution is 0.137. The lowest BCUT2D eigenvalue weighted by Crippen LogP contribution is -2.32. The SMILES string of the molecule is COCCOc1cc(Br)nc([C@@]2(CO)CCOC2)c1. The number of aromatic nitrogens is 1. The second-order valence-corrected chi connectivity index (χ2v) is 5.41. The molecular weight excluding hydrogens is 314 g/mol. The third-order valence-corrected chi connectivity index (χ3v) is 3.68. The Balaban J connectivity index is 2.20. The number of hydrogen-bond acceptors (Lipinski definition) is 5. The molecular formula is C13H18BrNO4. The summed E-state index contributed by atoms with van der Waals surface area (Å²) in [7, 11) is 1.63. The summed E-state index contributed by atoms with van der Waals surface area (Å²) in [5.41, 5.74) is 0.387. The van der Waals surface area contributed by atoms with Gasteiger partial charge < -0.3 is 19.3 Å². The van der Waals surface area contributed by atoms with Gasteiger partial charge >= 0.3 is 0 Å². The fourth-order valence-corrected chi connectivity index (χ4v) is 2.50. The van der Waals surface area contributed by atoms with Gasteiger partial charge in [0.1, 0.15) is 17.0 Å².